The van der Waals surface area contributed by atoms with Gasteiger partial charge in [-0.25, -0.2) is 9.37 Å². The summed E-state index contributed by atoms with van der Waals surface area (Å²) in [5.74, 6) is -0.505. The number of para-hydroxylation sites is 1. The number of rotatable bonds is 10. The third kappa shape index (κ3) is 6.65. The lowest BCUT2D eigenvalue weighted by Crippen LogP contribution is -2.34. The van der Waals surface area contributed by atoms with Crippen LogP contribution < -0.4 is 10.9 Å². The number of hydrogen-bond donors (Lipinski definition) is 1. The van der Waals surface area contributed by atoms with E-state index in [9.17, 15) is 14.0 Å². The molecule has 3 aromatic rings. The number of benzene rings is 2. The molecule has 6 nitrogen and oxygen atoms in total. The molecule has 1 N–H and O–H groups in total. The van der Waals surface area contributed by atoms with Crippen LogP contribution in [0.5, 0.6) is 0 Å². The van der Waals surface area contributed by atoms with Gasteiger partial charge in [-0.15, -0.1) is 0 Å². The largest absolute Gasteiger partial charge is 0.379 e. The number of ether oxygens (including phenoxy) is 1. The number of thioether (sulfide) groups is 1. The molecule has 2 atom stereocenters. The van der Waals surface area contributed by atoms with Gasteiger partial charge in [0.15, 0.2) is 5.16 Å². The van der Waals surface area contributed by atoms with E-state index in [2.05, 4.69) is 10.3 Å². The summed E-state index contributed by atoms with van der Waals surface area (Å²) < 4.78 is 20.4. The molecule has 0 aliphatic rings. The van der Waals surface area contributed by atoms with Gasteiger partial charge >= 0.3 is 0 Å². The highest BCUT2D eigenvalue weighted by atomic mass is 32.2. The van der Waals surface area contributed by atoms with Gasteiger partial charge in [0.05, 0.1) is 28.3 Å². The van der Waals surface area contributed by atoms with Crippen molar-refractivity contribution in [2.24, 2.45) is 0 Å². The number of aromatic nitrogens is 2. The molecule has 0 aliphatic heterocycles. The quantitative estimate of drug-likeness (QED) is 0.263. The first-order chi connectivity index (χ1) is 15.8. The molecular weight excluding hydrogens is 441 g/mol. The van der Waals surface area contributed by atoms with E-state index in [0.29, 0.717) is 35.6 Å². The van der Waals surface area contributed by atoms with Gasteiger partial charge in [-0.1, -0.05) is 36.0 Å². The van der Waals surface area contributed by atoms with E-state index >= 15 is 0 Å². The number of carbonyl (C=O) groups excluding carboxylic acids is 1. The van der Waals surface area contributed by atoms with Crippen molar-refractivity contribution in [2.75, 3.05) is 6.61 Å². The van der Waals surface area contributed by atoms with Crippen LogP contribution in [0.15, 0.2) is 58.5 Å². The summed E-state index contributed by atoms with van der Waals surface area (Å²) in [4.78, 5) is 30.7. The summed E-state index contributed by atoms with van der Waals surface area (Å²) in [5, 5.41) is 3.52. The zero-order valence-corrected chi connectivity index (χ0v) is 20.2. The molecular formula is C25H30FN3O3S. The highest BCUT2D eigenvalue weighted by molar-refractivity contribution is 8.00. The Morgan fingerprint density at radius 3 is 2.52 bits per heavy atom. The number of nitrogens with one attached hydrogen (secondary N) is 1. The smallest absolute Gasteiger partial charge is 0.262 e. The molecule has 176 valence electrons. The zero-order valence-electron chi connectivity index (χ0n) is 19.4. The molecule has 0 fully saturated rings. The minimum absolute atomic E-state index is 0.122. The lowest BCUT2D eigenvalue weighted by Gasteiger charge is -2.19. The Labute approximate surface area is 197 Å². The third-order valence-electron chi connectivity index (χ3n) is 5.18. The van der Waals surface area contributed by atoms with E-state index < -0.39 is 5.25 Å². The third-order valence-corrected chi connectivity index (χ3v) is 6.27. The molecule has 0 unspecified atom stereocenters. The van der Waals surface area contributed by atoms with Gasteiger partial charge in [0.2, 0.25) is 5.91 Å². The molecule has 3 rings (SSSR count). The van der Waals surface area contributed by atoms with Gasteiger partial charge < -0.3 is 10.1 Å². The summed E-state index contributed by atoms with van der Waals surface area (Å²) in [5.41, 5.74) is 1.29. The topological polar surface area (TPSA) is 73.2 Å². The number of carbonyl (C=O) groups is 1. The number of hydrogen-bond acceptors (Lipinski definition) is 5. The van der Waals surface area contributed by atoms with Crippen molar-refractivity contribution in [3.05, 3.63) is 70.3 Å². The van der Waals surface area contributed by atoms with Crippen LogP contribution in [0.3, 0.4) is 0 Å². The normalized spacial score (nSPS) is 13.3. The van der Waals surface area contributed by atoms with Crippen molar-refractivity contribution in [1.29, 1.82) is 0 Å². The lowest BCUT2D eigenvalue weighted by molar-refractivity contribution is -0.120. The van der Waals surface area contributed by atoms with Gasteiger partial charge in [0.1, 0.15) is 5.82 Å². The van der Waals surface area contributed by atoms with Crippen molar-refractivity contribution in [3.8, 4) is 0 Å². The summed E-state index contributed by atoms with van der Waals surface area (Å²) in [7, 11) is 0. The maximum absolute atomic E-state index is 13.2. The Bertz CT molecular complexity index is 1150. The van der Waals surface area contributed by atoms with E-state index in [1.807, 2.05) is 32.9 Å². The van der Waals surface area contributed by atoms with Crippen molar-refractivity contribution < 1.29 is 13.9 Å². The van der Waals surface area contributed by atoms with Crippen LogP contribution in [-0.2, 0) is 16.1 Å². The fourth-order valence-corrected chi connectivity index (χ4v) is 4.30. The van der Waals surface area contributed by atoms with Gasteiger partial charge in [-0.2, -0.15) is 0 Å². The average Bonchev–Trinajstić information content (AvgIpc) is 2.78. The number of fused-ring (bicyclic) bond motifs is 1. The van der Waals surface area contributed by atoms with E-state index in [1.54, 1.807) is 35.8 Å². The lowest BCUT2D eigenvalue weighted by atomic mass is 10.1. The minimum atomic E-state index is -0.487. The molecule has 33 heavy (non-hydrogen) atoms. The maximum atomic E-state index is 13.2. The summed E-state index contributed by atoms with van der Waals surface area (Å²) >= 11 is 1.25. The van der Waals surface area contributed by atoms with E-state index in [-0.39, 0.29) is 29.4 Å². The highest BCUT2D eigenvalue weighted by Crippen LogP contribution is 2.24. The van der Waals surface area contributed by atoms with Crippen LogP contribution in [-0.4, -0.2) is 33.4 Å². The minimum Gasteiger partial charge on any atom is -0.379 e. The molecule has 1 heterocycles. The average molecular weight is 472 g/mol. The Morgan fingerprint density at radius 1 is 1.12 bits per heavy atom. The first-order valence-corrected chi connectivity index (χ1v) is 12.0. The number of halogens is 1. The molecule has 0 aliphatic carbocycles. The van der Waals surface area contributed by atoms with Gasteiger partial charge in [0, 0.05) is 13.2 Å². The number of amides is 1. The Balaban J connectivity index is 1.77. The highest BCUT2D eigenvalue weighted by Gasteiger charge is 2.21. The molecule has 2 aromatic carbocycles. The molecule has 1 amide bonds. The van der Waals surface area contributed by atoms with Crippen LogP contribution >= 0.6 is 11.8 Å². The summed E-state index contributed by atoms with van der Waals surface area (Å²) in [6, 6.07) is 13.0. The number of nitrogens with zero attached hydrogens (tertiary/aromatic N) is 2. The summed E-state index contributed by atoms with van der Waals surface area (Å²) in [6.45, 7) is 8.56. The molecule has 0 saturated heterocycles. The fraction of sp³-hybridized carbons (Fsp3) is 0.400. The van der Waals surface area contributed by atoms with Crippen molar-refractivity contribution in [1.82, 2.24) is 14.9 Å². The van der Waals surface area contributed by atoms with Crippen LogP contribution in [0, 0.1) is 5.82 Å². The van der Waals surface area contributed by atoms with Crippen LogP contribution in [0.1, 0.15) is 45.7 Å². The Kier molecular flexibility index (Phi) is 8.63. The monoisotopic (exact) mass is 471 g/mol. The second-order valence-electron chi connectivity index (χ2n) is 8.18. The molecule has 1 aromatic heterocycles. The van der Waals surface area contributed by atoms with Gasteiger partial charge in [0.25, 0.3) is 5.56 Å². The second kappa shape index (κ2) is 11.4. The van der Waals surface area contributed by atoms with Gasteiger partial charge in [-0.05, 0) is 63.9 Å². The van der Waals surface area contributed by atoms with E-state index in [1.165, 1.54) is 23.9 Å². The van der Waals surface area contributed by atoms with E-state index in [4.69, 9.17) is 4.74 Å². The van der Waals surface area contributed by atoms with Crippen molar-refractivity contribution >= 4 is 28.6 Å². The second-order valence-corrected chi connectivity index (χ2v) is 9.49. The van der Waals surface area contributed by atoms with Crippen LogP contribution in [0.25, 0.3) is 10.9 Å². The van der Waals surface area contributed by atoms with Crippen molar-refractivity contribution in [3.63, 3.8) is 0 Å². The summed E-state index contributed by atoms with van der Waals surface area (Å²) in [6.07, 6.45) is 0.783. The van der Waals surface area contributed by atoms with Gasteiger partial charge in [-0.3, -0.25) is 14.2 Å². The first-order valence-electron chi connectivity index (χ1n) is 11.1. The molecule has 0 radical (unpaired) electrons. The zero-order chi connectivity index (χ0) is 24.0. The predicted molar refractivity (Wildman–Crippen MR) is 130 cm³/mol. The molecule has 8 heteroatoms. The first kappa shape index (κ1) is 24.9. The standard InChI is InChI=1S/C25H30FN3O3S/c1-16(2)32-15-7-14-29-24(31)21-8-5-6-9-22(21)28-25(29)33-18(4)23(30)27-17(3)19-10-12-20(26)13-11-19/h5-6,8-13,16-18H,7,14-15H2,1-4H3,(H,27,30)/t17-,18+/m1/s1. The SMILES string of the molecule is CC(C)OCCCn1c(S[C@@H](C)C(=O)N[C@H](C)c2ccc(F)cc2)nc2ccccc2c1=O. The molecule has 0 saturated carbocycles. The van der Waals surface area contributed by atoms with Crippen LogP contribution in [0.2, 0.25) is 0 Å². The maximum Gasteiger partial charge on any atom is 0.262 e. The fourth-order valence-electron chi connectivity index (χ4n) is 3.35. The van der Waals surface area contributed by atoms with E-state index in [0.717, 1.165) is 5.56 Å². The predicted octanol–water partition coefficient (Wildman–Crippen LogP) is 4.71. The van der Waals surface area contributed by atoms with Crippen molar-refractivity contribution in [2.45, 2.75) is 63.2 Å². The Morgan fingerprint density at radius 2 is 1.82 bits per heavy atom. The molecule has 0 spiro atoms. The molecule has 0 bridgehead atoms. The van der Waals surface area contributed by atoms with Crippen LogP contribution in [0.4, 0.5) is 4.39 Å². The Hall–Kier alpha value is -2.71.